The highest BCUT2D eigenvalue weighted by Crippen LogP contribution is 2.18. The summed E-state index contributed by atoms with van der Waals surface area (Å²) in [7, 11) is 1.97. The lowest BCUT2D eigenvalue weighted by molar-refractivity contribution is 0.408. The Morgan fingerprint density at radius 2 is 2.19 bits per heavy atom. The molecule has 0 fully saturated rings. The van der Waals surface area contributed by atoms with Gasteiger partial charge in [-0.05, 0) is 25.6 Å². The van der Waals surface area contributed by atoms with E-state index in [9.17, 15) is 0 Å². The van der Waals surface area contributed by atoms with Crippen LogP contribution in [0.5, 0.6) is 0 Å². The minimum Gasteiger partial charge on any atom is -0.318 e. The van der Waals surface area contributed by atoms with Crippen molar-refractivity contribution in [2.75, 3.05) is 13.6 Å². The van der Waals surface area contributed by atoms with Crippen molar-refractivity contribution in [2.45, 2.75) is 25.8 Å². The van der Waals surface area contributed by atoms with Crippen LogP contribution in [0.15, 0.2) is 24.3 Å². The summed E-state index contributed by atoms with van der Waals surface area (Å²) in [5.41, 5.74) is 2.09. The predicted octanol–water partition coefficient (Wildman–Crippen LogP) is 1.99. The molecule has 16 heavy (non-hydrogen) atoms. The van der Waals surface area contributed by atoms with Crippen LogP contribution < -0.4 is 5.32 Å². The van der Waals surface area contributed by atoms with Gasteiger partial charge in [-0.2, -0.15) is 0 Å². The molecule has 4 heteroatoms. The van der Waals surface area contributed by atoms with E-state index in [1.54, 1.807) is 0 Å². The highest BCUT2D eigenvalue weighted by molar-refractivity contribution is 5.73. The Bertz CT molecular complexity index is 443. The van der Waals surface area contributed by atoms with Crippen LogP contribution in [0.3, 0.4) is 0 Å². The second-order valence-corrected chi connectivity index (χ2v) is 4.02. The fraction of sp³-hybridized carbons (Fsp3) is 0.500. The molecule has 2 rings (SSSR count). The Morgan fingerprint density at radius 1 is 1.38 bits per heavy atom. The number of hydrogen-bond donors (Lipinski definition) is 1. The van der Waals surface area contributed by atoms with Gasteiger partial charge in [-0.1, -0.05) is 30.7 Å². The molecule has 1 heterocycles. The molecule has 1 N–H and O–H groups in total. The number of nitrogens with one attached hydrogen (secondary N) is 1. The summed E-state index contributed by atoms with van der Waals surface area (Å²) in [5, 5.41) is 11.7. The fourth-order valence-corrected chi connectivity index (χ4v) is 2.04. The van der Waals surface area contributed by atoms with Crippen LogP contribution in [0.1, 0.15) is 25.8 Å². The van der Waals surface area contributed by atoms with Crippen molar-refractivity contribution >= 4 is 11.0 Å². The van der Waals surface area contributed by atoms with Crippen LogP contribution in [0.25, 0.3) is 11.0 Å². The molecule has 0 aliphatic heterocycles. The largest absolute Gasteiger partial charge is 0.318 e. The standard InChI is InChI=1S/C12H18N4/c1-3-6-10(9-13-2)16-12-8-5-4-7-11(12)14-15-16/h4-5,7-8,10,13H,3,6,9H2,1-2H3. The van der Waals surface area contributed by atoms with Crippen molar-refractivity contribution in [3.63, 3.8) is 0 Å². The first-order chi connectivity index (χ1) is 7.86. The van der Waals surface area contributed by atoms with E-state index in [2.05, 4.69) is 28.6 Å². The summed E-state index contributed by atoms with van der Waals surface area (Å²) < 4.78 is 2.04. The van der Waals surface area contributed by atoms with Gasteiger partial charge in [-0.15, -0.1) is 5.10 Å². The van der Waals surface area contributed by atoms with Crippen LogP contribution in [0.2, 0.25) is 0 Å². The number of benzene rings is 1. The van der Waals surface area contributed by atoms with Gasteiger partial charge in [0.2, 0.25) is 0 Å². The third-order valence-corrected chi connectivity index (χ3v) is 2.78. The lowest BCUT2D eigenvalue weighted by Gasteiger charge is -2.16. The number of aromatic nitrogens is 3. The molecule has 0 aliphatic carbocycles. The van der Waals surface area contributed by atoms with Crippen molar-refractivity contribution in [1.82, 2.24) is 20.3 Å². The van der Waals surface area contributed by atoms with Crippen molar-refractivity contribution in [3.8, 4) is 0 Å². The second kappa shape index (κ2) is 5.07. The summed E-state index contributed by atoms with van der Waals surface area (Å²) in [6.45, 7) is 3.13. The summed E-state index contributed by atoms with van der Waals surface area (Å²) >= 11 is 0. The maximum absolute atomic E-state index is 4.26. The number of nitrogens with zero attached hydrogens (tertiary/aromatic N) is 3. The third kappa shape index (κ3) is 2.07. The fourth-order valence-electron chi connectivity index (χ4n) is 2.04. The first-order valence-corrected chi connectivity index (χ1v) is 5.81. The first-order valence-electron chi connectivity index (χ1n) is 5.81. The predicted molar refractivity (Wildman–Crippen MR) is 65.4 cm³/mol. The van der Waals surface area contributed by atoms with Crippen LogP contribution in [-0.2, 0) is 0 Å². The van der Waals surface area contributed by atoms with Gasteiger partial charge < -0.3 is 5.32 Å². The van der Waals surface area contributed by atoms with E-state index in [4.69, 9.17) is 0 Å². The van der Waals surface area contributed by atoms with Crippen molar-refractivity contribution < 1.29 is 0 Å². The molecule has 0 spiro atoms. The molecule has 0 amide bonds. The van der Waals surface area contributed by atoms with E-state index in [1.807, 2.05) is 29.9 Å². The Morgan fingerprint density at radius 3 is 2.94 bits per heavy atom. The maximum Gasteiger partial charge on any atom is 0.113 e. The number of hydrogen-bond acceptors (Lipinski definition) is 3. The third-order valence-electron chi connectivity index (χ3n) is 2.78. The van der Waals surface area contributed by atoms with Crippen LogP contribution >= 0.6 is 0 Å². The van der Waals surface area contributed by atoms with E-state index < -0.39 is 0 Å². The van der Waals surface area contributed by atoms with Crippen molar-refractivity contribution in [2.24, 2.45) is 0 Å². The van der Waals surface area contributed by atoms with Crippen LogP contribution in [0, 0.1) is 0 Å². The zero-order valence-corrected chi connectivity index (χ0v) is 9.85. The normalized spacial score (nSPS) is 13.1. The Hall–Kier alpha value is -1.42. The van der Waals surface area contributed by atoms with Gasteiger partial charge in [0, 0.05) is 6.54 Å². The van der Waals surface area contributed by atoms with E-state index >= 15 is 0 Å². The summed E-state index contributed by atoms with van der Waals surface area (Å²) in [6, 6.07) is 8.50. The molecule has 0 bridgehead atoms. The first kappa shape index (κ1) is 11.1. The zero-order chi connectivity index (χ0) is 11.4. The molecule has 86 valence electrons. The number of para-hydroxylation sites is 1. The van der Waals surface area contributed by atoms with Gasteiger partial charge in [0.05, 0.1) is 11.6 Å². The maximum atomic E-state index is 4.26. The smallest absolute Gasteiger partial charge is 0.113 e. The van der Waals surface area contributed by atoms with Crippen molar-refractivity contribution in [3.05, 3.63) is 24.3 Å². The number of likely N-dealkylation sites (N-methyl/N-ethyl adjacent to an activating group) is 1. The molecule has 1 aromatic carbocycles. The lowest BCUT2D eigenvalue weighted by atomic mass is 10.1. The van der Waals surface area contributed by atoms with Crippen LogP contribution in [-0.4, -0.2) is 28.6 Å². The quantitative estimate of drug-likeness (QED) is 0.834. The Balaban J connectivity index is 2.36. The van der Waals surface area contributed by atoms with E-state index in [0.29, 0.717) is 6.04 Å². The summed E-state index contributed by atoms with van der Waals surface area (Å²) in [5.74, 6) is 0. The molecule has 2 aromatic rings. The second-order valence-electron chi connectivity index (χ2n) is 4.02. The number of rotatable bonds is 5. The van der Waals surface area contributed by atoms with Gasteiger partial charge in [0.15, 0.2) is 0 Å². The van der Waals surface area contributed by atoms with Crippen molar-refractivity contribution in [1.29, 1.82) is 0 Å². The summed E-state index contributed by atoms with van der Waals surface area (Å²) in [4.78, 5) is 0. The summed E-state index contributed by atoms with van der Waals surface area (Å²) in [6.07, 6.45) is 2.27. The molecule has 0 aliphatic rings. The molecule has 4 nitrogen and oxygen atoms in total. The van der Waals surface area contributed by atoms with Gasteiger partial charge >= 0.3 is 0 Å². The average Bonchev–Trinajstić information content (AvgIpc) is 2.72. The molecular weight excluding hydrogens is 200 g/mol. The van der Waals surface area contributed by atoms with Gasteiger partial charge in [0.25, 0.3) is 0 Å². The lowest BCUT2D eigenvalue weighted by Crippen LogP contribution is -2.23. The minimum absolute atomic E-state index is 0.391. The van der Waals surface area contributed by atoms with Gasteiger partial charge in [0.1, 0.15) is 5.52 Å². The van der Waals surface area contributed by atoms with Gasteiger partial charge in [-0.25, -0.2) is 4.68 Å². The molecule has 0 saturated carbocycles. The molecule has 1 aromatic heterocycles. The molecular formula is C12H18N4. The average molecular weight is 218 g/mol. The molecule has 1 atom stereocenters. The Kier molecular flexibility index (Phi) is 3.51. The molecule has 1 unspecified atom stereocenters. The van der Waals surface area contributed by atoms with E-state index in [1.165, 1.54) is 0 Å². The highest BCUT2D eigenvalue weighted by atomic mass is 15.4. The SMILES string of the molecule is CCCC(CNC)n1nnc2ccccc21. The zero-order valence-electron chi connectivity index (χ0n) is 9.85. The van der Waals surface area contributed by atoms with Crippen LogP contribution in [0.4, 0.5) is 0 Å². The molecule has 0 saturated heterocycles. The van der Waals surface area contributed by atoms with E-state index in [-0.39, 0.29) is 0 Å². The van der Waals surface area contributed by atoms with Gasteiger partial charge in [-0.3, -0.25) is 0 Å². The monoisotopic (exact) mass is 218 g/mol. The highest BCUT2D eigenvalue weighted by Gasteiger charge is 2.13. The Labute approximate surface area is 95.6 Å². The number of fused-ring (bicyclic) bond motifs is 1. The topological polar surface area (TPSA) is 42.7 Å². The molecule has 0 radical (unpaired) electrons. The van der Waals surface area contributed by atoms with E-state index in [0.717, 1.165) is 30.4 Å². The minimum atomic E-state index is 0.391.